The molecule has 0 heterocycles. The van der Waals surface area contributed by atoms with Gasteiger partial charge in [-0.2, -0.15) is 0 Å². The Hall–Kier alpha value is -1.94. The second-order valence-electron chi connectivity index (χ2n) is 11.2. The van der Waals surface area contributed by atoms with Crippen molar-refractivity contribution in [2.75, 3.05) is 7.11 Å². The molecular weight excluding hydrogens is 400 g/mol. The van der Waals surface area contributed by atoms with Gasteiger partial charge in [-0.1, -0.05) is 31.6 Å². The van der Waals surface area contributed by atoms with Crippen LogP contribution >= 0.6 is 0 Å². The standard InChI is InChI=1S/C28H36O4/c1-17(29)28(31)16-12-22-20-9-10-23-25(18-5-7-19(32-4)8-6-18)24(30)13-14-26(23,2)21(20)11-15-27(22,28)3/h5-8,20-22,31H,9-16H2,1-4H3/t20-,21+,22+,26-,27+,28+/m1/s1. The van der Waals surface area contributed by atoms with Gasteiger partial charge in [0, 0.05) is 17.4 Å². The number of Topliss-reactive ketones (excluding diaryl/α,β-unsaturated/α-hetero) is 2. The van der Waals surface area contributed by atoms with Gasteiger partial charge in [0.1, 0.15) is 11.4 Å². The number of allylic oxidation sites excluding steroid dienone is 1. The number of hydrogen-bond donors (Lipinski definition) is 1. The van der Waals surface area contributed by atoms with E-state index < -0.39 is 5.60 Å². The minimum Gasteiger partial charge on any atom is -0.497 e. The molecule has 0 spiro atoms. The van der Waals surface area contributed by atoms with Crippen molar-refractivity contribution in [1.29, 1.82) is 0 Å². The maximum absolute atomic E-state index is 13.1. The molecule has 0 unspecified atom stereocenters. The van der Waals surface area contributed by atoms with Crippen LogP contribution in [0.5, 0.6) is 5.75 Å². The summed E-state index contributed by atoms with van der Waals surface area (Å²) in [6.45, 7) is 6.13. The Labute approximate surface area is 191 Å². The molecule has 4 aliphatic rings. The minimum absolute atomic E-state index is 0.0182. The highest BCUT2D eigenvalue weighted by Gasteiger charge is 2.65. The van der Waals surface area contributed by atoms with Gasteiger partial charge in [-0.15, -0.1) is 0 Å². The van der Waals surface area contributed by atoms with Crippen LogP contribution in [0, 0.1) is 28.6 Å². The molecule has 3 fully saturated rings. The highest BCUT2D eigenvalue weighted by molar-refractivity contribution is 6.22. The van der Waals surface area contributed by atoms with Crippen LogP contribution in [0.25, 0.3) is 5.57 Å². The Bertz CT molecular complexity index is 991. The fourth-order valence-corrected chi connectivity index (χ4v) is 8.40. The van der Waals surface area contributed by atoms with Crippen LogP contribution in [0.4, 0.5) is 0 Å². The van der Waals surface area contributed by atoms with Crippen molar-refractivity contribution in [2.24, 2.45) is 28.6 Å². The van der Waals surface area contributed by atoms with Crippen molar-refractivity contribution >= 4 is 17.1 Å². The summed E-state index contributed by atoms with van der Waals surface area (Å²) in [4.78, 5) is 25.6. The van der Waals surface area contributed by atoms with Crippen LogP contribution in [0.15, 0.2) is 29.8 Å². The van der Waals surface area contributed by atoms with E-state index in [-0.39, 0.29) is 22.4 Å². The molecule has 0 aromatic heterocycles. The summed E-state index contributed by atoms with van der Waals surface area (Å²) in [6, 6.07) is 7.94. The van der Waals surface area contributed by atoms with E-state index in [1.165, 1.54) is 5.57 Å². The molecule has 4 aliphatic carbocycles. The van der Waals surface area contributed by atoms with E-state index in [1.807, 2.05) is 24.3 Å². The summed E-state index contributed by atoms with van der Waals surface area (Å²) < 4.78 is 5.32. The van der Waals surface area contributed by atoms with Crippen molar-refractivity contribution in [2.45, 2.75) is 77.7 Å². The first-order valence-corrected chi connectivity index (χ1v) is 12.3. The maximum Gasteiger partial charge on any atom is 0.163 e. The molecule has 0 radical (unpaired) electrons. The van der Waals surface area contributed by atoms with E-state index >= 15 is 0 Å². The molecule has 1 N–H and O–H groups in total. The average Bonchev–Trinajstić information content (AvgIpc) is 3.06. The second kappa shape index (κ2) is 7.28. The second-order valence-corrected chi connectivity index (χ2v) is 11.2. The molecule has 3 saturated carbocycles. The highest BCUT2D eigenvalue weighted by atomic mass is 16.5. The Morgan fingerprint density at radius 1 is 1.00 bits per heavy atom. The lowest BCUT2D eigenvalue weighted by Crippen LogP contribution is -2.57. The fraction of sp³-hybridized carbons (Fsp3) is 0.643. The molecule has 1 aromatic carbocycles. The quantitative estimate of drug-likeness (QED) is 0.691. The number of rotatable bonds is 3. The molecular formula is C28H36O4. The third-order valence-electron chi connectivity index (χ3n) is 10.2. The SMILES string of the molecule is COc1ccc(C2=C3CC[C@@H]4[C@H](CC[C@@]5(C)[C@H]4CC[C@]5(O)C(C)=O)[C@@]3(C)CCC2=O)cc1. The van der Waals surface area contributed by atoms with Gasteiger partial charge in [-0.3, -0.25) is 9.59 Å². The zero-order valence-corrected chi connectivity index (χ0v) is 19.9. The van der Waals surface area contributed by atoms with Gasteiger partial charge in [0.2, 0.25) is 0 Å². The first-order valence-electron chi connectivity index (χ1n) is 12.3. The van der Waals surface area contributed by atoms with Crippen molar-refractivity contribution in [3.8, 4) is 5.75 Å². The summed E-state index contributed by atoms with van der Waals surface area (Å²) in [5.74, 6) is 2.43. The maximum atomic E-state index is 13.1. The van der Waals surface area contributed by atoms with Crippen LogP contribution in [0.2, 0.25) is 0 Å². The van der Waals surface area contributed by atoms with E-state index in [4.69, 9.17) is 4.74 Å². The van der Waals surface area contributed by atoms with Gasteiger partial charge in [-0.05, 0) is 92.7 Å². The third-order valence-corrected chi connectivity index (χ3v) is 10.2. The van der Waals surface area contributed by atoms with Crippen LogP contribution in [-0.4, -0.2) is 29.4 Å². The zero-order valence-electron chi connectivity index (χ0n) is 19.9. The number of methoxy groups -OCH3 is 1. The molecule has 0 aliphatic heterocycles. The minimum atomic E-state index is -1.17. The van der Waals surface area contributed by atoms with Crippen LogP contribution < -0.4 is 4.74 Å². The largest absolute Gasteiger partial charge is 0.497 e. The predicted molar refractivity (Wildman–Crippen MR) is 124 cm³/mol. The van der Waals surface area contributed by atoms with E-state index in [0.717, 1.165) is 55.4 Å². The normalized spacial score (nSPS) is 41.0. The lowest BCUT2D eigenvalue weighted by atomic mass is 9.45. The number of aliphatic hydroxyl groups is 1. The molecule has 0 saturated heterocycles. The summed E-state index contributed by atoms with van der Waals surface area (Å²) in [7, 11) is 1.66. The van der Waals surface area contributed by atoms with E-state index in [2.05, 4.69) is 13.8 Å². The molecule has 0 bridgehead atoms. The van der Waals surface area contributed by atoms with Crippen LogP contribution in [0.1, 0.15) is 77.7 Å². The van der Waals surface area contributed by atoms with Gasteiger partial charge in [0.05, 0.1) is 7.11 Å². The number of fused-ring (bicyclic) bond motifs is 5. The molecule has 0 amide bonds. The number of benzene rings is 1. The lowest BCUT2D eigenvalue weighted by Gasteiger charge is -2.59. The average molecular weight is 437 g/mol. The molecule has 172 valence electrons. The molecule has 6 atom stereocenters. The monoisotopic (exact) mass is 436 g/mol. The smallest absolute Gasteiger partial charge is 0.163 e. The van der Waals surface area contributed by atoms with Crippen molar-refractivity contribution in [3.63, 3.8) is 0 Å². The zero-order chi connectivity index (χ0) is 22.9. The van der Waals surface area contributed by atoms with E-state index in [9.17, 15) is 14.7 Å². The summed E-state index contributed by atoms with van der Waals surface area (Å²) >= 11 is 0. The van der Waals surface area contributed by atoms with Crippen LogP contribution in [-0.2, 0) is 9.59 Å². The predicted octanol–water partition coefficient (Wildman–Crippen LogP) is 5.37. The number of carbonyl (C=O) groups excluding carboxylic acids is 2. The Morgan fingerprint density at radius 3 is 2.34 bits per heavy atom. The molecule has 32 heavy (non-hydrogen) atoms. The highest BCUT2D eigenvalue weighted by Crippen LogP contribution is 2.68. The lowest BCUT2D eigenvalue weighted by molar-refractivity contribution is -0.160. The molecule has 4 heteroatoms. The Morgan fingerprint density at radius 2 is 1.69 bits per heavy atom. The number of hydrogen-bond acceptors (Lipinski definition) is 4. The van der Waals surface area contributed by atoms with E-state index in [0.29, 0.717) is 30.6 Å². The number of carbonyl (C=O) groups is 2. The Balaban J connectivity index is 1.54. The number of ketones is 2. The fourth-order valence-electron chi connectivity index (χ4n) is 8.40. The van der Waals surface area contributed by atoms with Crippen molar-refractivity contribution < 1.29 is 19.4 Å². The summed E-state index contributed by atoms with van der Waals surface area (Å²) in [6.07, 6.45) is 6.97. The first kappa shape index (κ1) is 21.9. The van der Waals surface area contributed by atoms with Crippen LogP contribution in [0.3, 0.4) is 0 Å². The molecule has 5 rings (SSSR count). The third kappa shape index (κ3) is 2.77. The van der Waals surface area contributed by atoms with Gasteiger partial charge in [0.25, 0.3) is 0 Å². The van der Waals surface area contributed by atoms with Gasteiger partial charge >= 0.3 is 0 Å². The van der Waals surface area contributed by atoms with Crippen molar-refractivity contribution in [3.05, 3.63) is 35.4 Å². The van der Waals surface area contributed by atoms with Gasteiger partial charge in [0.15, 0.2) is 11.6 Å². The van der Waals surface area contributed by atoms with Gasteiger partial charge < -0.3 is 9.84 Å². The van der Waals surface area contributed by atoms with E-state index in [1.54, 1.807) is 14.0 Å². The number of ether oxygens (including phenoxy) is 1. The first-order chi connectivity index (χ1) is 15.2. The summed E-state index contributed by atoms with van der Waals surface area (Å²) in [5.41, 5.74) is 1.84. The van der Waals surface area contributed by atoms with Crippen molar-refractivity contribution in [1.82, 2.24) is 0 Å². The molecule has 1 aromatic rings. The Kier molecular flexibility index (Phi) is 4.98. The molecule has 4 nitrogen and oxygen atoms in total. The van der Waals surface area contributed by atoms with Gasteiger partial charge in [-0.25, -0.2) is 0 Å². The summed E-state index contributed by atoms with van der Waals surface area (Å²) in [5, 5.41) is 11.4. The topological polar surface area (TPSA) is 63.6 Å².